The molecule has 0 bridgehead atoms. The number of nitrogens with one attached hydrogen (secondary N) is 3. The molecule has 15 rings (SSSR count). The van der Waals surface area contributed by atoms with E-state index in [9.17, 15) is 22.5 Å². The number of carbonyl (C=O) groups is 1. The Hall–Kier alpha value is -10.6. The highest BCUT2D eigenvalue weighted by Crippen LogP contribution is 2.38. The first-order valence-corrected chi connectivity index (χ1v) is 33.7. The number of fused-ring (bicyclic) bond motifs is 6. The van der Waals surface area contributed by atoms with Crippen LogP contribution in [0.4, 0.5) is 31.0 Å². The van der Waals surface area contributed by atoms with Crippen molar-refractivity contribution < 1.29 is 44.2 Å². The summed E-state index contributed by atoms with van der Waals surface area (Å²) in [5, 5.41) is 10.2. The number of hydrogen-bond donors (Lipinski definition) is 3. The van der Waals surface area contributed by atoms with Crippen molar-refractivity contribution in [3.05, 3.63) is 220 Å². The van der Waals surface area contributed by atoms with Crippen LogP contribution in [0, 0.1) is 38.2 Å². The van der Waals surface area contributed by atoms with Crippen LogP contribution in [0.5, 0.6) is 17.2 Å². The lowest BCUT2D eigenvalue weighted by Gasteiger charge is -2.13. The predicted octanol–water partition coefficient (Wildman–Crippen LogP) is 12.7. The Bertz CT molecular complexity index is 5080. The van der Waals surface area contributed by atoms with Crippen molar-refractivity contribution in [2.45, 2.75) is 66.2 Å². The standard InChI is InChI=1S/C25H26FN5O.C24H24FN4O2P.C23H20FN5O3/c1-16-14-31-24(29-16)20(18-6-4-17(5-7-18)15-30(2)3)12-27-25(31)28-13-21-19-10-11-32-23(19)9-8-22(21)26;1-15-14-29-23(28-15)19(16-4-6-17(7-5-16)32(2,3)30)12-26-24(29)27-13-20-18-10-11-31-22(18)9-8-21(20)25;1-13-12-29-21(28-13)16(14-3-5-19(25-9-14)22(30)31-2)10-26-23(29)27-11-17-15-7-8-32-20(15)6-4-18(17)24/h4-9,12,14H,10-11,13,15H2,1-3H3,(H,27,28);4-9,12,14H,10-11,13H2,1-3H3,(H,26,27);3-6,9-10,12H,7-8,11H2,1-2H3,(H,26,27)/i13D2;;. The molecular weight excluding hydrogens is 1240 g/mol. The maximum absolute atomic E-state index is 14.8. The Kier molecular flexibility index (Phi) is 17.3. The Morgan fingerprint density at radius 3 is 1.38 bits per heavy atom. The van der Waals surface area contributed by atoms with Crippen molar-refractivity contribution in [3.63, 3.8) is 0 Å². The van der Waals surface area contributed by atoms with Crippen molar-refractivity contribution in [1.29, 1.82) is 0 Å². The first-order chi connectivity index (χ1) is 47.1. The number of rotatable bonds is 16. The van der Waals surface area contributed by atoms with Gasteiger partial charge in [0.25, 0.3) is 0 Å². The van der Waals surface area contributed by atoms with Crippen LogP contribution >= 0.6 is 7.14 Å². The SMILES string of the molecule is COC(=O)c1ccc(-c2cnc(NCc3c(F)ccc4c3CCO4)n3cc(C)nc23)cn1.Cc1cn2c(NCc3c(F)ccc4c3CCO4)ncc(-c3ccc(P(C)(C)=O)cc3)c2n1.[2H]C([2H])(Nc1ncc(-c2ccc(CN(C)C)cc2)c2nc(C)cn12)c1c(F)ccc2c1CCO2. The van der Waals surface area contributed by atoms with E-state index in [1.54, 1.807) is 79.0 Å². The number of anilines is 3. The number of halogens is 3. The molecule has 96 heavy (non-hydrogen) atoms. The van der Waals surface area contributed by atoms with Crippen LogP contribution in [0.15, 0.2) is 140 Å². The summed E-state index contributed by atoms with van der Waals surface area (Å²) < 4.78 is 100. The highest BCUT2D eigenvalue weighted by molar-refractivity contribution is 7.70. The van der Waals surface area contributed by atoms with Gasteiger partial charge >= 0.3 is 5.97 Å². The fourth-order valence-electron chi connectivity index (χ4n) is 12.0. The molecule has 0 atom stereocenters. The zero-order chi connectivity index (χ0) is 68.7. The molecule has 0 saturated carbocycles. The molecule has 0 radical (unpaired) electrons. The topological polar surface area (TPSA) is 214 Å². The smallest absolute Gasteiger partial charge is 0.356 e. The van der Waals surface area contributed by atoms with Gasteiger partial charge in [0.05, 0.1) is 46.8 Å². The molecular formula is C72H70F3N14O6P. The third kappa shape index (κ3) is 13.3. The third-order valence-corrected chi connectivity index (χ3v) is 18.3. The van der Waals surface area contributed by atoms with E-state index in [1.165, 1.54) is 30.9 Å². The largest absolute Gasteiger partial charge is 0.493 e. The number of aromatic nitrogens is 10. The molecule has 490 valence electrons. The van der Waals surface area contributed by atoms with E-state index in [1.807, 2.05) is 92.5 Å². The second-order valence-electron chi connectivity index (χ2n) is 24.1. The van der Waals surface area contributed by atoms with Gasteiger partial charge in [0, 0.05) is 150 Å². The molecule has 7 aromatic heterocycles. The number of esters is 1. The maximum Gasteiger partial charge on any atom is 0.356 e. The minimum absolute atomic E-state index is 0.0464. The van der Waals surface area contributed by atoms with E-state index >= 15 is 0 Å². The van der Waals surface area contributed by atoms with Gasteiger partial charge in [-0.3, -0.25) is 13.2 Å². The number of methoxy groups -OCH3 is 1. The number of benzene rings is 5. The van der Waals surface area contributed by atoms with Crippen LogP contribution < -0.4 is 35.5 Å². The monoisotopic (exact) mass is 1320 g/mol. The van der Waals surface area contributed by atoms with Gasteiger partial charge in [0.1, 0.15) is 64.5 Å². The Balaban J connectivity index is 0.000000132. The van der Waals surface area contributed by atoms with Gasteiger partial charge in [-0.25, -0.2) is 52.9 Å². The average molecular weight is 1320 g/mol. The summed E-state index contributed by atoms with van der Waals surface area (Å²) in [5.74, 6) is 1.74. The van der Waals surface area contributed by atoms with Crippen LogP contribution in [0.1, 0.15) is 69.3 Å². The molecule has 20 nitrogen and oxygen atoms in total. The normalized spacial score (nSPS) is 13.3. The van der Waals surface area contributed by atoms with Gasteiger partial charge in [-0.05, 0) is 107 Å². The fraction of sp³-hybridized carbons (Fsp3) is 0.250. The number of hydrogen-bond acceptors (Lipinski definition) is 17. The highest BCUT2D eigenvalue weighted by atomic mass is 31.2. The van der Waals surface area contributed by atoms with E-state index in [4.69, 9.17) is 21.7 Å². The number of nitrogens with zero attached hydrogens (tertiary/aromatic N) is 11. The maximum atomic E-state index is 14.8. The first kappa shape index (κ1) is 61.5. The molecule has 3 N–H and O–H groups in total. The van der Waals surface area contributed by atoms with Crippen LogP contribution in [-0.4, -0.2) is 113 Å². The lowest BCUT2D eigenvalue weighted by Crippen LogP contribution is -2.10. The molecule has 24 heteroatoms. The Morgan fingerprint density at radius 1 is 0.552 bits per heavy atom. The zero-order valence-electron chi connectivity index (χ0n) is 56.1. The van der Waals surface area contributed by atoms with E-state index in [0.29, 0.717) is 91.3 Å². The molecule has 0 amide bonds. The molecule has 0 aliphatic carbocycles. The number of imidazole rings is 3. The Labute approximate surface area is 554 Å². The molecule has 0 fully saturated rings. The highest BCUT2D eigenvalue weighted by Gasteiger charge is 2.25. The lowest BCUT2D eigenvalue weighted by molar-refractivity contribution is 0.0594. The molecule has 10 heterocycles. The second-order valence-corrected chi connectivity index (χ2v) is 27.3. The average Bonchev–Trinajstić information content (AvgIpc) is 0.790. The zero-order valence-corrected chi connectivity index (χ0v) is 55.0. The summed E-state index contributed by atoms with van der Waals surface area (Å²) in [7, 11) is 3.06. The van der Waals surface area contributed by atoms with Gasteiger partial charge in [0.2, 0.25) is 17.8 Å². The minimum atomic E-state index is -2.32. The van der Waals surface area contributed by atoms with Crippen molar-refractivity contribution in [1.82, 2.24) is 53.0 Å². The number of aryl methyl sites for hydroxylation is 3. The summed E-state index contributed by atoms with van der Waals surface area (Å²) in [5.41, 5.74) is 14.5. The van der Waals surface area contributed by atoms with Crippen molar-refractivity contribution in [2.75, 3.05) is 70.3 Å². The minimum Gasteiger partial charge on any atom is -0.493 e. The number of pyridine rings is 1. The van der Waals surface area contributed by atoms with E-state index in [0.717, 1.165) is 90.6 Å². The second kappa shape index (κ2) is 27.0. The molecule has 0 unspecified atom stereocenters. The summed E-state index contributed by atoms with van der Waals surface area (Å²) in [6.45, 7) is 9.96. The third-order valence-electron chi connectivity index (χ3n) is 16.7. The van der Waals surface area contributed by atoms with E-state index in [-0.39, 0.29) is 35.4 Å². The number of carbonyl (C=O) groups excluding carboxylic acids is 1. The summed E-state index contributed by atoms with van der Waals surface area (Å²) >= 11 is 0. The van der Waals surface area contributed by atoms with Gasteiger partial charge in [-0.1, -0.05) is 54.6 Å². The summed E-state index contributed by atoms with van der Waals surface area (Å²) in [6, 6.07) is 28.3. The first-order valence-electron chi connectivity index (χ1n) is 32.1. The quantitative estimate of drug-likeness (QED) is 0.0606. The molecule has 0 spiro atoms. The van der Waals surface area contributed by atoms with Crippen molar-refractivity contribution >= 4 is 53.2 Å². The molecule has 5 aromatic carbocycles. The predicted molar refractivity (Wildman–Crippen MR) is 364 cm³/mol. The van der Waals surface area contributed by atoms with E-state index < -0.39 is 25.4 Å². The molecule has 12 aromatic rings. The van der Waals surface area contributed by atoms with Crippen molar-refractivity contribution in [2.24, 2.45) is 0 Å². The lowest BCUT2D eigenvalue weighted by atomic mass is 10.0. The van der Waals surface area contributed by atoms with Gasteiger partial charge in [0.15, 0.2) is 0 Å². The van der Waals surface area contributed by atoms with E-state index in [2.05, 4.69) is 67.9 Å². The molecule has 3 aliphatic rings. The molecule has 0 saturated heterocycles. The Morgan fingerprint density at radius 2 is 0.958 bits per heavy atom. The van der Waals surface area contributed by atoms with Gasteiger partial charge in [-0.2, -0.15) is 0 Å². The van der Waals surface area contributed by atoms with Crippen LogP contribution in [0.25, 0.3) is 50.3 Å². The van der Waals surface area contributed by atoms with Crippen LogP contribution in [0.2, 0.25) is 0 Å². The van der Waals surface area contributed by atoms with Crippen molar-refractivity contribution in [3.8, 4) is 50.6 Å². The van der Waals surface area contributed by atoms with Gasteiger partial charge < -0.3 is 44.4 Å². The summed E-state index contributed by atoms with van der Waals surface area (Å²) in [4.78, 5) is 45.6. The van der Waals surface area contributed by atoms with Gasteiger partial charge in [-0.15, -0.1) is 0 Å². The van der Waals surface area contributed by atoms with Crippen LogP contribution in [-0.2, 0) is 54.7 Å². The van der Waals surface area contributed by atoms with Crippen LogP contribution in [0.3, 0.4) is 0 Å². The summed E-state index contributed by atoms with van der Waals surface area (Å²) in [6.07, 6.45) is 14.1. The fourth-order valence-corrected chi connectivity index (χ4v) is 12.9. The number of ether oxygens (including phenoxy) is 4. The molecule has 3 aliphatic heterocycles.